The monoisotopic (exact) mass is 458 g/mol. The highest BCUT2D eigenvalue weighted by Crippen LogP contribution is 2.25. The van der Waals surface area contributed by atoms with E-state index in [0.29, 0.717) is 6.54 Å². The smallest absolute Gasteiger partial charge is 0.224 e. The van der Waals surface area contributed by atoms with Gasteiger partial charge in [0.2, 0.25) is 5.91 Å². The van der Waals surface area contributed by atoms with Gasteiger partial charge in [0.15, 0.2) is 5.78 Å². The van der Waals surface area contributed by atoms with Crippen molar-refractivity contribution in [1.82, 2.24) is 9.80 Å². The van der Waals surface area contributed by atoms with Crippen molar-refractivity contribution in [3.8, 4) is 0 Å². The maximum atomic E-state index is 14.4. The molecular formula is C25H25ClF2N2O2. The van der Waals surface area contributed by atoms with Gasteiger partial charge in [0.1, 0.15) is 11.6 Å². The summed E-state index contributed by atoms with van der Waals surface area (Å²) in [5.74, 6) is -1.49. The highest BCUT2D eigenvalue weighted by Gasteiger charge is 2.29. The molecule has 1 aliphatic rings. The molecule has 1 amide bonds. The first-order valence-corrected chi connectivity index (χ1v) is 10.6. The van der Waals surface area contributed by atoms with Gasteiger partial charge in [-0.15, -0.1) is 0 Å². The molecule has 1 heterocycles. The van der Waals surface area contributed by atoms with E-state index in [0.717, 1.165) is 5.56 Å². The molecule has 1 aliphatic heterocycles. The lowest BCUT2D eigenvalue weighted by molar-refractivity contribution is -0.131. The molecule has 0 radical (unpaired) electrons. The molecule has 0 aromatic heterocycles. The third-order valence-electron chi connectivity index (χ3n) is 5.21. The van der Waals surface area contributed by atoms with Crippen LogP contribution in [0.2, 0.25) is 5.02 Å². The summed E-state index contributed by atoms with van der Waals surface area (Å²) in [6.45, 7) is 2.46. The normalized spacial score (nSPS) is 17.0. The maximum absolute atomic E-state index is 14.4. The Kier molecular flexibility index (Phi) is 7.59. The summed E-state index contributed by atoms with van der Waals surface area (Å²) < 4.78 is 28.8. The minimum atomic E-state index is -0.566. The number of amides is 1. The lowest BCUT2D eigenvalue weighted by Crippen LogP contribution is -2.42. The number of carbonyl (C=O) groups is 2. The summed E-state index contributed by atoms with van der Waals surface area (Å²) >= 11 is 5.82. The predicted molar refractivity (Wildman–Crippen MR) is 123 cm³/mol. The van der Waals surface area contributed by atoms with Crippen LogP contribution in [0.1, 0.15) is 23.1 Å². The Labute approximate surface area is 191 Å². The van der Waals surface area contributed by atoms with Gasteiger partial charge >= 0.3 is 0 Å². The van der Waals surface area contributed by atoms with E-state index in [9.17, 15) is 18.4 Å². The molecular weight excluding hydrogens is 434 g/mol. The second kappa shape index (κ2) is 10.2. The highest BCUT2D eigenvalue weighted by molar-refractivity contribution is 6.30. The third-order valence-corrected chi connectivity index (χ3v) is 5.44. The molecule has 0 unspecified atom stereocenters. The van der Waals surface area contributed by atoms with Crippen LogP contribution >= 0.6 is 11.6 Å². The fourth-order valence-electron chi connectivity index (χ4n) is 3.44. The topological polar surface area (TPSA) is 40.6 Å². The van der Waals surface area contributed by atoms with E-state index in [2.05, 4.69) is 0 Å². The fourth-order valence-corrected chi connectivity index (χ4v) is 3.60. The number of benzene rings is 2. The molecule has 0 N–H and O–H groups in total. The second-order valence-corrected chi connectivity index (χ2v) is 8.60. The zero-order valence-corrected chi connectivity index (χ0v) is 19.0. The van der Waals surface area contributed by atoms with E-state index in [1.54, 1.807) is 24.0 Å². The Morgan fingerprint density at radius 2 is 1.59 bits per heavy atom. The number of rotatable bonds is 5. The molecule has 168 valence electrons. The zero-order valence-electron chi connectivity index (χ0n) is 18.3. The number of carbonyl (C=O) groups excluding carboxylic acids is 2. The third kappa shape index (κ3) is 5.90. The van der Waals surface area contributed by atoms with E-state index in [4.69, 9.17) is 11.6 Å². The van der Waals surface area contributed by atoms with Crippen LogP contribution in [0.25, 0.3) is 12.2 Å². The number of hydrogen-bond acceptors (Lipinski definition) is 3. The van der Waals surface area contributed by atoms with Gasteiger partial charge in [0.05, 0.1) is 0 Å². The number of halogens is 3. The number of hydrogen-bond donors (Lipinski definition) is 0. The molecule has 3 rings (SSSR count). The van der Waals surface area contributed by atoms with Crippen LogP contribution in [0.15, 0.2) is 47.5 Å². The number of aryl methyl sites for hydroxylation is 1. The van der Waals surface area contributed by atoms with Crippen LogP contribution in [0.3, 0.4) is 0 Å². The van der Waals surface area contributed by atoms with Gasteiger partial charge in [0, 0.05) is 53.4 Å². The van der Waals surface area contributed by atoms with Crippen molar-refractivity contribution < 1.29 is 18.4 Å². The molecule has 0 aliphatic carbocycles. The van der Waals surface area contributed by atoms with Crippen molar-refractivity contribution in [2.45, 2.75) is 13.3 Å². The van der Waals surface area contributed by atoms with Crippen LogP contribution in [-0.2, 0) is 9.59 Å². The number of likely N-dealkylation sites (tertiary alicyclic amines) is 1. The summed E-state index contributed by atoms with van der Waals surface area (Å²) in [7, 11) is 3.74. The van der Waals surface area contributed by atoms with Gasteiger partial charge in [-0.05, 0) is 56.9 Å². The molecule has 0 spiro atoms. The standard InChI is InChI=1S/C25H25ClF2N2O2/c1-16-4-5-17(22(27)10-16)11-19-14-30(24(31)8-9-29(2)3)15-20(25(19)32)12-18-6-7-21(26)13-23(18)28/h4-7,10-13H,8-9,14-15H2,1-3H3/b19-11+,20-12+. The Bertz CT molecular complexity index is 1040. The van der Waals surface area contributed by atoms with Crippen molar-refractivity contribution in [2.75, 3.05) is 33.7 Å². The SMILES string of the molecule is Cc1ccc(/C=C2\CN(C(=O)CCN(C)C)C/C(=C\c3ccc(Cl)cc3F)C2=O)c(F)c1. The summed E-state index contributed by atoms with van der Waals surface area (Å²) in [4.78, 5) is 29.4. The van der Waals surface area contributed by atoms with E-state index in [-0.39, 0.29) is 58.5 Å². The quantitative estimate of drug-likeness (QED) is 0.607. The second-order valence-electron chi connectivity index (χ2n) is 8.16. The van der Waals surface area contributed by atoms with E-state index < -0.39 is 11.6 Å². The van der Waals surface area contributed by atoms with Crippen LogP contribution in [0, 0.1) is 18.6 Å². The van der Waals surface area contributed by atoms with Crippen molar-refractivity contribution in [2.24, 2.45) is 0 Å². The van der Waals surface area contributed by atoms with Crippen molar-refractivity contribution >= 4 is 35.4 Å². The van der Waals surface area contributed by atoms with Crippen molar-refractivity contribution in [3.63, 3.8) is 0 Å². The van der Waals surface area contributed by atoms with Crippen LogP contribution in [0.5, 0.6) is 0 Å². The lowest BCUT2D eigenvalue weighted by atomic mass is 9.93. The molecule has 1 saturated heterocycles. The van der Waals surface area contributed by atoms with Crippen molar-refractivity contribution in [3.05, 3.63) is 80.9 Å². The molecule has 2 aromatic carbocycles. The summed E-state index contributed by atoms with van der Waals surface area (Å²) in [6, 6.07) is 8.92. The maximum Gasteiger partial charge on any atom is 0.224 e. The summed E-state index contributed by atoms with van der Waals surface area (Å²) in [5.41, 5.74) is 1.76. The van der Waals surface area contributed by atoms with Gasteiger partial charge in [-0.2, -0.15) is 0 Å². The fraction of sp³-hybridized carbons (Fsp3) is 0.280. The van der Waals surface area contributed by atoms with Gasteiger partial charge in [-0.1, -0.05) is 29.8 Å². The van der Waals surface area contributed by atoms with E-state index in [1.807, 2.05) is 19.0 Å². The molecule has 4 nitrogen and oxygen atoms in total. The average Bonchev–Trinajstić information content (AvgIpc) is 2.72. The summed E-state index contributed by atoms with van der Waals surface area (Å²) in [6.07, 6.45) is 3.17. The Hall–Kier alpha value is -2.83. The molecule has 0 atom stereocenters. The van der Waals surface area contributed by atoms with Gasteiger partial charge < -0.3 is 9.80 Å². The predicted octanol–water partition coefficient (Wildman–Crippen LogP) is 4.76. The van der Waals surface area contributed by atoms with Gasteiger partial charge in [-0.25, -0.2) is 8.78 Å². The molecule has 1 fully saturated rings. The lowest BCUT2D eigenvalue weighted by Gasteiger charge is -2.30. The Morgan fingerprint density at radius 3 is 2.12 bits per heavy atom. The zero-order chi connectivity index (χ0) is 23.4. The van der Waals surface area contributed by atoms with E-state index >= 15 is 0 Å². The minimum Gasteiger partial charge on any atom is -0.334 e. The molecule has 7 heteroatoms. The first-order chi connectivity index (χ1) is 15.1. The first-order valence-electron chi connectivity index (χ1n) is 10.2. The molecule has 32 heavy (non-hydrogen) atoms. The average molecular weight is 459 g/mol. The van der Waals surface area contributed by atoms with Gasteiger partial charge in [0.25, 0.3) is 0 Å². The molecule has 2 aromatic rings. The highest BCUT2D eigenvalue weighted by atomic mass is 35.5. The van der Waals surface area contributed by atoms with Crippen LogP contribution in [-0.4, -0.2) is 55.2 Å². The Morgan fingerprint density at radius 1 is 1.03 bits per heavy atom. The van der Waals surface area contributed by atoms with Gasteiger partial charge in [-0.3, -0.25) is 9.59 Å². The molecule has 0 saturated carbocycles. The number of nitrogens with zero attached hydrogens (tertiary/aromatic N) is 2. The van der Waals surface area contributed by atoms with Crippen LogP contribution < -0.4 is 0 Å². The number of piperidine rings is 1. The van der Waals surface area contributed by atoms with Crippen molar-refractivity contribution in [1.29, 1.82) is 0 Å². The van der Waals surface area contributed by atoms with E-state index in [1.165, 1.54) is 36.4 Å². The molecule has 0 bridgehead atoms. The Balaban J connectivity index is 2.00. The number of Topliss-reactive ketones (excluding diaryl/α,β-unsaturated/α-hetero) is 1. The first kappa shape index (κ1) is 23.8. The van der Waals surface area contributed by atoms with Crippen LogP contribution in [0.4, 0.5) is 8.78 Å². The minimum absolute atomic E-state index is 0.0564. The number of ketones is 1. The summed E-state index contributed by atoms with van der Waals surface area (Å²) in [5, 5.41) is 0.246. The largest absolute Gasteiger partial charge is 0.334 e.